The molecule has 9 heteroatoms. The molecule has 2 unspecified atom stereocenters. The molecule has 2 aliphatic rings. The van der Waals surface area contributed by atoms with Crippen LogP contribution in [0.5, 0.6) is 0 Å². The minimum Gasteiger partial charge on any atom is -0.465 e. The summed E-state index contributed by atoms with van der Waals surface area (Å²) in [7, 11) is 0. The summed E-state index contributed by atoms with van der Waals surface area (Å²) in [4.78, 5) is 13.0. The van der Waals surface area contributed by atoms with E-state index in [9.17, 15) is 9.90 Å². The first-order valence-corrected chi connectivity index (χ1v) is 7.60. The number of halogens is 1. The minimum absolute atomic E-state index is 0.0481. The number of carbonyl (C=O) groups is 1. The molecule has 22 heavy (non-hydrogen) atoms. The van der Waals surface area contributed by atoms with Gasteiger partial charge in [-0.3, -0.25) is 4.68 Å². The number of fused-ring (bicyclic) bond motifs is 3. The SMILES string of the molecule is Nc1nn(C2CC3CCC(C2)N3C(=O)O)c2cc(Cl)nnc12. The van der Waals surface area contributed by atoms with Crippen molar-refractivity contribution < 1.29 is 9.90 Å². The Morgan fingerprint density at radius 3 is 2.59 bits per heavy atom. The highest BCUT2D eigenvalue weighted by atomic mass is 35.5. The predicted octanol–water partition coefficient (Wildman–Crippen LogP) is 1.91. The van der Waals surface area contributed by atoms with Gasteiger partial charge in [0.05, 0.1) is 11.6 Å². The van der Waals surface area contributed by atoms with Gasteiger partial charge in [-0.15, -0.1) is 10.2 Å². The van der Waals surface area contributed by atoms with Crippen molar-refractivity contribution in [1.82, 2.24) is 24.9 Å². The zero-order valence-corrected chi connectivity index (χ0v) is 12.4. The molecule has 0 spiro atoms. The quantitative estimate of drug-likeness (QED) is 0.829. The van der Waals surface area contributed by atoms with Gasteiger partial charge in [0.25, 0.3) is 0 Å². The zero-order valence-electron chi connectivity index (χ0n) is 11.7. The summed E-state index contributed by atoms with van der Waals surface area (Å²) in [5.74, 6) is 0.326. The Bertz CT molecular complexity index is 748. The number of nitrogens with zero attached hydrogens (tertiary/aromatic N) is 5. The lowest BCUT2D eigenvalue weighted by Gasteiger charge is -2.37. The summed E-state index contributed by atoms with van der Waals surface area (Å²) in [5.41, 5.74) is 7.21. The van der Waals surface area contributed by atoms with Crippen molar-refractivity contribution in [3.63, 3.8) is 0 Å². The fourth-order valence-electron chi connectivity index (χ4n) is 3.87. The molecule has 2 aromatic rings. The molecule has 2 aromatic heterocycles. The van der Waals surface area contributed by atoms with Gasteiger partial charge in [0.15, 0.2) is 16.5 Å². The van der Waals surface area contributed by atoms with Crippen LogP contribution < -0.4 is 5.73 Å². The van der Waals surface area contributed by atoms with Crippen LogP contribution in [0.3, 0.4) is 0 Å². The van der Waals surface area contributed by atoms with Gasteiger partial charge in [0, 0.05) is 18.2 Å². The molecule has 0 aliphatic carbocycles. The van der Waals surface area contributed by atoms with E-state index in [1.54, 1.807) is 11.0 Å². The van der Waals surface area contributed by atoms with Crippen molar-refractivity contribution in [2.24, 2.45) is 0 Å². The lowest BCUT2D eigenvalue weighted by Crippen LogP contribution is -2.46. The number of hydrogen-bond donors (Lipinski definition) is 2. The second-order valence-corrected chi connectivity index (χ2v) is 6.32. The minimum atomic E-state index is -0.829. The first-order valence-electron chi connectivity index (χ1n) is 7.22. The molecule has 0 saturated carbocycles. The van der Waals surface area contributed by atoms with Crippen LogP contribution >= 0.6 is 11.6 Å². The third-order valence-electron chi connectivity index (χ3n) is 4.72. The first-order chi connectivity index (χ1) is 10.5. The number of nitrogens with two attached hydrogens (primary N) is 1. The number of anilines is 1. The van der Waals surface area contributed by atoms with Crippen LogP contribution in [0.2, 0.25) is 5.15 Å². The second kappa shape index (κ2) is 4.70. The van der Waals surface area contributed by atoms with Crippen molar-refractivity contribution in [2.45, 2.75) is 43.8 Å². The number of carboxylic acid groups (broad SMARTS) is 1. The van der Waals surface area contributed by atoms with Crippen LogP contribution in [-0.2, 0) is 0 Å². The van der Waals surface area contributed by atoms with Gasteiger partial charge < -0.3 is 15.7 Å². The smallest absolute Gasteiger partial charge is 0.407 e. The molecule has 4 heterocycles. The number of rotatable bonds is 1. The molecular weight excluding hydrogens is 308 g/mol. The Kier molecular flexibility index (Phi) is 2.90. The van der Waals surface area contributed by atoms with E-state index in [1.807, 2.05) is 4.68 Å². The number of nitrogen functional groups attached to an aromatic ring is 1. The Morgan fingerprint density at radius 2 is 1.95 bits per heavy atom. The van der Waals surface area contributed by atoms with Gasteiger partial charge in [-0.05, 0) is 25.7 Å². The monoisotopic (exact) mass is 322 g/mol. The molecule has 3 N–H and O–H groups in total. The van der Waals surface area contributed by atoms with Gasteiger partial charge in [-0.25, -0.2) is 4.79 Å². The molecule has 116 valence electrons. The summed E-state index contributed by atoms with van der Waals surface area (Å²) >= 11 is 5.93. The van der Waals surface area contributed by atoms with Gasteiger partial charge in [0.1, 0.15) is 0 Å². The molecular formula is C13H15ClN6O2. The molecule has 0 radical (unpaired) electrons. The molecule has 0 aromatic carbocycles. The topological polar surface area (TPSA) is 110 Å². The summed E-state index contributed by atoms with van der Waals surface area (Å²) in [6.45, 7) is 0. The van der Waals surface area contributed by atoms with Crippen molar-refractivity contribution >= 4 is 34.5 Å². The highest BCUT2D eigenvalue weighted by Gasteiger charge is 2.44. The van der Waals surface area contributed by atoms with Crippen LogP contribution in [0.4, 0.5) is 10.6 Å². The van der Waals surface area contributed by atoms with Gasteiger partial charge in [-0.2, -0.15) is 5.10 Å². The van der Waals surface area contributed by atoms with E-state index in [0.29, 0.717) is 16.5 Å². The van der Waals surface area contributed by atoms with Crippen LogP contribution in [0.25, 0.3) is 11.0 Å². The summed E-state index contributed by atoms with van der Waals surface area (Å²) in [5, 5.41) is 21.8. The van der Waals surface area contributed by atoms with Crippen molar-refractivity contribution in [2.75, 3.05) is 5.73 Å². The molecule has 2 saturated heterocycles. The standard InChI is InChI=1S/C13H15ClN6O2/c14-10-5-9-11(17-16-10)12(15)18-20(9)8-3-6-1-2-7(4-8)19(6)13(21)22/h5-8H,1-4H2,(H2,15,18)(H,21,22). The van der Waals surface area contributed by atoms with Crippen LogP contribution in [-0.4, -0.2) is 48.2 Å². The van der Waals surface area contributed by atoms with Crippen LogP contribution in [0.15, 0.2) is 6.07 Å². The average Bonchev–Trinajstić information content (AvgIpc) is 2.94. The van der Waals surface area contributed by atoms with E-state index in [1.165, 1.54) is 0 Å². The Hall–Kier alpha value is -2.09. The van der Waals surface area contributed by atoms with Crippen LogP contribution in [0, 0.1) is 0 Å². The molecule has 1 amide bonds. The normalized spacial score (nSPS) is 27.5. The van der Waals surface area contributed by atoms with Gasteiger partial charge >= 0.3 is 6.09 Å². The van der Waals surface area contributed by atoms with E-state index in [-0.39, 0.29) is 18.1 Å². The Morgan fingerprint density at radius 1 is 1.27 bits per heavy atom. The lowest BCUT2D eigenvalue weighted by molar-refractivity contribution is 0.0854. The lowest BCUT2D eigenvalue weighted by atomic mass is 9.98. The second-order valence-electron chi connectivity index (χ2n) is 5.93. The molecule has 2 fully saturated rings. The number of aromatic nitrogens is 4. The molecule has 4 rings (SSSR count). The van der Waals surface area contributed by atoms with Crippen molar-refractivity contribution in [1.29, 1.82) is 0 Å². The Balaban J connectivity index is 1.72. The maximum Gasteiger partial charge on any atom is 0.407 e. The van der Waals surface area contributed by atoms with E-state index >= 15 is 0 Å². The third-order valence-corrected chi connectivity index (χ3v) is 4.91. The predicted molar refractivity (Wildman–Crippen MR) is 79.7 cm³/mol. The zero-order chi connectivity index (χ0) is 15.4. The van der Waals surface area contributed by atoms with Crippen molar-refractivity contribution in [3.8, 4) is 0 Å². The van der Waals surface area contributed by atoms with Crippen molar-refractivity contribution in [3.05, 3.63) is 11.2 Å². The maximum absolute atomic E-state index is 11.4. The molecule has 2 aliphatic heterocycles. The highest BCUT2D eigenvalue weighted by Crippen LogP contribution is 2.41. The summed E-state index contributed by atoms with van der Waals surface area (Å²) in [6.07, 6.45) is 2.45. The number of hydrogen-bond acceptors (Lipinski definition) is 5. The van der Waals surface area contributed by atoms with Gasteiger partial charge in [-0.1, -0.05) is 11.6 Å². The van der Waals surface area contributed by atoms with E-state index in [4.69, 9.17) is 17.3 Å². The number of amides is 1. The van der Waals surface area contributed by atoms with E-state index < -0.39 is 6.09 Å². The fraction of sp³-hybridized carbons (Fsp3) is 0.538. The largest absolute Gasteiger partial charge is 0.465 e. The first kappa shape index (κ1) is 13.6. The molecule has 2 atom stereocenters. The Labute approximate surface area is 130 Å². The summed E-state index contributed by atoms with van der Waals surface area (Å²) in [6, 6.07) is 1.91. The molecule has 2 bridgehead atoms. The van der Waals surface area contributed by atoms with E-state index in [0.717, 1.165) is 31.2 Å². The average molecular weight is 323 g/mol. The van der Waals surface area contributed by atoms with Gasteiger partial charge in [0.2, 0.25) is 0 Å². The molecule has 8 nitrogen and oxygen atoms in total. The van der Waals surface area contributed by atoms with E-state index in [2.05, 4.69) is 15.3 Å². The fourth-order valence-corrected chi connectivity index (χ4v) is 4.01. The van der Waals surface area contributed by atoms with Crippen LogP contribution in [0.1, 0.15) is 31.7 Å². The number of piperidine rings is 1. The summed E-state index contributed by atoms with van der Waals surface area (Å²) < 4.78 is 1.84. The third kappa shape index (κ3) is 1.90. The maximum atomic E-state index is 11.4. The highest BCUT2D eigenvalue weighted by molar-refractivity contribution is 6.29.